The Kier molecular flexibility index (Phi) is 4.47. The number of carbonyl (C=O) groups excluding carboxylic acids is 1. The van der Waals surface area contributed by atoms with Gasteiger partial charge in [0.2, 0.25) is 5.91 Å². The van der Waals surface area contributed by atoms with E-state index in [1.807, 2.05) is 10.9 Å². The fourth-order valence-corrected chi connectivity index (χ4v) is 3.94. The standard InChI is InChI=1S/C16H26N4O2/c1-12(21)17-14-7-5-6-13(14)10-20-11-15(18-19-20)16(22)8-3-2-4-9-16/h11,13-14,22H,2-10H2,1H3,(H,17,21)/t13-,14-/m1/s1. The van der Waals surface area contributed by atoms with Crippen molar-refractivity contribution in [1.29, 1.82) is 0 Å². The van der Waals surface area contributed by atoms with Crippen molar-refractivity contribution < 1.29 is 9.90 Å². The van der Waals surface area contributed by atoms with Crippen LogP contribution in [0.5, 0.6) is 0 Å². The van der Waals surface area contributed by atoms with Gasteiger partial charge in [-0.25, -0.2) is 0 Å². The molecule has 0 saturated heterocycles. The van der Waals surface area contributed by atoms with Gasteiger partial charge in [-0.3, -0.25) is 9.48 Å². The maximum absolute atomic E-state index is 11.3. The van der Waals surface area contributed by atoms with Crippen LogP contribution in [0.15, 0.2) is 6.20 Å². The Morgan fingerprint density at radius 2 is 2.14 bits per heavy atom. The highest BCUT2D eigenvalue weighted by molar-refractivity contribution is 5.73. The Morgan fingerprint density at radius 1 is 1.36 bits per heavy atom. The van der Waals surface area contributed by atoms with E-state index in [1.54, 1.807) is 6.92 Å². The Hall–Kier alpha value is -1.43. The first-order valence-corrected chi connectivity index (χ1v) is 8.47. The molecule has 1 aromatic heterocycles. The second-order valence-corrected chi connectivity index (χ2v) is 6.92. The van der Waals surface area contributed by atoms with Crippen LogP contribution in [0.3, 0.4) is 0 Å². The zero-order chi connectivity index (χ0) is 15.6. The number of aromatic nitrogens is 3. The molecule has 0 aliphatic heterocycles. The average molecular weight is 306 g/mol. The number of hydrogen-bond acceptors (Lipinski definition) is 4. The fraction of sp³-hybridized carbons (Fsp3) is 0.812. The van der Waals surface area contributed by atoms with Crippen LogP contribution in [0.2, 0.25) is 0 Å². The summed E-state index contributed by atoms with van der Waals surface area (Å²) < 4.78 is 1.84. The summed E-state index contributed by atoms with van der Waals surface area (Å²) in [7, 11) is 0. The quantitative estimate of drug-likeness (QED) is 0.888. The van der Waals surface area contributed by atoms with Gasteiger partial charge in [-0.1, -0.05) is 30.9 Å². The molecule has 2 N–H and O–H groups in total. The van der Waals surface area contributed by atoms with E-state index in [9.17, 15) is 9.90 Å². The predicted octanol–water partition coefficient (Wildman–Crippen LogP) is 1.73. The summed E-state index contributed by atoms with van der Waals surface area (Å²) in [6.07, 6.45) is 10.0. The van der Waals surface area contributed by atoms with E-state index in [0.29, 0.717) is 11.6 Å². The van der Waals surface area contributed by atoms with Crippen molar-refractivity contribution in [2.24, 2.45) is 5.92 Å². The van der Waals surface area contributed by atoms with Crippen molar-refractivity contribution in [2.75, 3.05) is 0 Å². The molecule has 2 aliphatic rings. The first kappa shape index (κ1) is 15.5. The molecule has 2 atom stereocenters. The zero-order valence-electron chi connectivity index (χ0n) is 13.3. The molecule has 2 saturated carbocycles. The second-order valence-electron chi connectivity index (χ2n) is 6.92. The molecular formula is C16H26N4O2. The number of rotatable bonds is 4. The summed E-state index contributed by atoms with van der Waals surface area (Å²) in [5, 5.41) is 22.2. The van der Waals surface area contributed by atoms with E-state index in [2.05, 4.69) is 15.6 Å². The van der Waals surface area contributed by atoms with Crippen LogP contribution in [0, 0.1) is 5.92 Å². The van der Waals surface area contributed by atoms with Gasteiger partial charge in [-0.2, -0.15) is 0 Å². The summed E-state index contributed by atoms with van der Waals surface area (Å²) in [5.41, 5.74) is -0.0790. The minimum atomic E-state index is -0.788. The number of nitrogens with one attached hydrogen (secondary N) is 1. The topological polar surface area (TPSA) is 80.0 Å². The van der Waals surface area contributed by atoms with Crippen LogP contribution in [0.1, 0.15) is 64.0 Å². The van der Waals surface area contributed by atoms with E-state index >= 15 is 0 Å². The number of amides is 1. The Balaban J connectivity index is 1.65. The molecule has 122 valence electrons. The fourth-order valence-electron chi connectivity index (χ4n) is 3.94. The summed E-state index contributed by atoms with van der Waals surface area (Å²) in [4.78, 5) is 11.3. The van der Waals surface area contributed by atoms with Gasteiger partial charge < -0.3 is 10.4 Å². The lowest BCUT2D eigenvalue weighted by Crippen LogP contribution is -2.37. The molecule has 0 unspecified atom stereocenters. The van der Waals surface area contributed by atoms with Crippen LogP contribution in [0.4, 0.5) is 0 Å². The second kappa shape index (κ2) is 6.36. The van der Waals surface area contributed by atoms with Gasteiger partial charge in [0, 0.05) is 19.5 Å². The number of nitrogens with zero attached hydrogens (tertiary/aromatic N) is 3. The predicted molar refractivity (Wildman–Crippen MR) is 81.9 cm³/mol. The summed E-state index contributed by atoms with van der Waals surface area (Å²) in [6, 6.07) is 0.239. The van der Waals surface area contributed by atoms with Crippen molar-refractivity contribution in [2.45, 2.75) is 76.5 Å². The van der Waals surface area contributed by atoms with Crippen molar-refractivity contribution in [1.82, 2.24) is 20.3 Å². The molecule has 0 radical (unpaired) electrons. The van der Waals surface area contributed by atoms with Gasteiger partial charge in [0.15, 0.2) is 0 Å². The molecule has 6 heteroatoms. The highest BCUT2D eigenvalue weighted by Crippen LogP contribution is 2.36. The molecule has 22 heavy (non-hydrogen) atoms. The smallest absolute Gasteiger partial charge is 0.217 e. The van der Waals surface area contributed by atoms with Gasteiger partial charge in [-0.15, -0.1) is 5.10 Å². The number of carbonyl (C=O) groups is 1. The van der Waals surface area contributed by atoms with Gasteiger partial charge in [0.1, 0.15) is 11.3 Å². The monoisotopic (exact) mass is 306 g/mol. The Bertz CT molecular complexity index is 522. The highest BCUT2D eigenvalue weighted by Gasteiger charge is 2.34. The van der Waals surface area contributed by atoms with E-state index in [4.69, 9.17) is 0 Å². The van der Waals surface area contributed by atoms with Crippen LogP contribution >= 0.6 is 0 Å². The molecular weight excluding hydrogens is 280 g/mol. The summed E-state index contributed by atoms with van der Waals surface area (Å²) >= 11 is 0. The Labute approximate surface area is 131 Å². The molecule has 0 aromatic carbocycles. The lowest BCUT2D eigenvalue weighted by molar-refractivity contribution is -0.119. The van der Waals surface area contributed by atoms with Crippen molar-refractivity contribution in [3.63, 3.8) is 0 Å². The van der Waals surface area contributed by atoms with Crippen molar-refractivity contribution in [3.8, 4) is 0 Å². The zero-order valence-corrected chi connectivity index (χ0v) is 13.3. The molecule has 2 aliphatic carbocycles. The summed E-state index contributed by atoms with van der Waals surface area (Å²) in [5.74, 6) is 0.437. The lowest BCUT2D eigenvalue weighted by atomic mass is 9.83. The highest BCUT2D eigenvalue weighted by atomic mass is 16.3. The van der Waals surface area contributed by atoms with E-state index in [0.717, 1.165) is 51.5 Å². The van der Waals surface area contributed by atoms with Gasteiger partial charge in [0.25, 0.3) is 0 Å². The maximum atomic E-state index is 11.3. The third kappa shape index (κ3) is 3.32. The third-order valence-corrected chi connectivity index (χ3v) is 5.17. The molecule has 2 fully saturated rings. The van der Waals surface area contributed by atoms with Gasteiger partial charge in [0.05, 0.1) is 6.20 Å². The first-order chi connectivity index (χ1) is 10.6. The van der Waals surface area contributed by atoms with Crippen LogP contribution in [-0.2, 0) is 16.9 Å². The Morgan fingerprint density at radius 3 is 2.86 bits per heavy atom. The molecule has 1 aromatic rings. The molecule has 1 heterocycles. The van der Waals surface area contributed by atoms with Crippen LogP contribution in [0.25, 0.3) is 0 Å². The first-order valence-electron chi connectivity index (χ1n) is 8.47. The average Bonchev–Trinajstić information content (AvgIpc) is 3.10. The normalized spacial score (nSPS) is 27.7. The largest absolute Gasteiger partial charge is 0.383 e. The van der Waals surface area contributed by atoms with E-state index in [1.165, 1.54) is 6.42 Å². The lowest BCUT2D eigenvalue weighted by Gasteiger charge is -2.29. The maximum Gasteiger partial charge on any atom is 0.217 e. The van der Waals surface area contributed by atoms with E-state index < -0.39 is 5.60 Å². The molecule has 6 nitrogen and oxygen atoms in total. The van der Waals surface area contributed by atoms with Crippen molar-refractivity contribution >= 4 is 5.91 Å². The summed E-state index contributed by atoms with van der Waals surface area (Å²) in [6.45, 7) is 2.33. The molecule has 1 amide bonds. The van der Waals surface area contributed by atoms with Crippen LogP contribution in [-0.4, -0.2) is 32.0 Å². The molecule has 3 rings (SSSR count). The van der Waals surface area contributed by atoms with E-state index in [-0.39, 0.29) is 11.9 Å². The van der Waals surface area contributed by atoms with Gasteiger partial charge in [-0.05, 0) is 31.6 Å². The third-order valence-electron chi connectivity index (χ3n) is 5.17. The van der Waals surface area contributed by atoms with Crippen molar-refractivity contribution in [3.05, 3.63) is 11.9 Å². The SMILES string of the molecule is CC(=O)N[C@@H]1CCC[C@@H]1Cn1cc(C2(O)CCCCC2)nn1. The number of hydrogen-bond donors (Lipinski definition) is 2. The minimum absolute atomic E-state index is 0.0349. The number of aliphatic hydroxyl groups is 1. The van der Waals surface area contributed by atoms with Crippen LogP contribution < -0.4 is 5.32 Å². The molecule has 0 spiro atoms. The van der Waals surface area contributed by atoms with Gasteiger partial charge >= 0.3 is 0 Å². The molecule has 0 bridgehead atoms. The minimum Gasteiger partial charge on any atom is -0.383 e.